The minimum atomic E-state index is -1.26. The number of hydrogen-bond donors (Lipinski definition) is 1. The lowest BCUT2D eigenvalue weighted by Gasteiger charge is -2.15. The first-order valence-electron chi connectivity index (χ1n) is 5.21. The fourth-order valence-corrected chi connectivity index (χ4v) is 1.02. The first-order valence-corrected chi connectivity index (χ1v) is 5.21. The highest BCUT2D eigenvalue weighted by molar-refractivity contribution is 5.56. The Hall–Kier alpha value is -0.770. The standard InChI is InChI=1S/C10H20O4/c1-3-5-7-9(14-10(11)12)13-8-6-4-2/h9H,3-8H2,1-2H3,(H,11,12). The maximum atomic E-state index is 10.3. The van der Waals surface area contributed by atoms with Crippen molar-refractivity contribution in [2.75, 3.05) is 6.61 Å². The topological polar surface area (TPSA) is 55.8 Å². The molecule has 0 saturated carbocycles. The van der Waals surface area contributed by atoms with Gasteiger partial charge >= 0.3 is 6.16 Å². The smallest absolute Gasteiger partial charge is 0.450 e. The number of carbonyl (C=O) groups is 1. The molecule has 0 aliphatic heterocycles. The van der Waals surface area contributed by atoms with Gasteiger partial charge in [-0.1, -0.05) is 26.7 Å². The summed E-state index contributed by atoms with van der Waals surface area (Å²) in [7, 11) is 0. The Morgan fingerprint density at radius 2 is 1.93 bits per heavy atom. The monoisotopic (exact) mass is 204 g/mol. The van der Waals surface area contributed by atoms with Gasteiger partial charge in [-0.15, -0.1) is 0 Å². The summed E-state index contributed by atoms with van der Waals surface area (Å²) in [5, 5.41) is 8.44. The van der Waals surface area contributed by atoms with Crippen LogP contribution in [0.5, 0.6) is 0 Å². The Kier molecular flexibility index (Phi) is 8.33. The van der Waals surface area contributed by atoms with Gasteiger partial charge < -0.3 is 14.6 Å². The molecule has 0 aliphatic carbocycles. The highest BCUT2D eigenvalue weighted by atomic mass is 16.8. The first kappa shape index (κ1) is 13.2. The van der Waals surface area contributed by atoms with Crippen molar-refractivity contribution in [3.8, 4) is 0 Å². The van der Waals surface area contributed by atoms with E-state index in [1.54, 1.807) is 0 Å². The molecule has 0 bridgehead atoms. The molecule has 14 heavy (non-hydrogen) atoms. The van der Waals surface area contributed by atoms with Gasteiger partial charge in [-0.3, -0.25) is 0 Å². The number of ether oxygens (including phenoxy) is 2. The Balaban J connectivity index is 3.66. The summed E-state index contributed by atoms with van der Waals surface area (Å²) >= 11 is 0. The summed E-state index contributed by atoms with van der Waals surface area (Å²) in [4.78, 5) is 10.3. The molecule has 0 aromatic rings. The van der Waals surface area contributed by atoms with E-state index in [1.165, 1.54) is 0 Å². The zero-order chi connectivity index (χ0) is 10.8. The van der Waals surface area contributed by atoms with Crippen LogP contribution in [0.25, 0.3) is 0 Å². The maximum Gasteiger partial charge on any atom is 0.508 e. The highest BCUT2D eigenvalue weighted by Gasteiger charge is 2.12. The quantitative estimate of drug-likeness (QED) is 0.375. The largest absolute Gasteiger partial charge is 0.508 e. The highest BCUT2D eigenvalue weighted by Crippen LogP contribution is 2.07. The normalized spacial score (nSPS) is 12.4. The molecule has 0 fully saturated rings. The summed E-state index contributed by atoms with van der Waals surface area (Å²) in [5.41, 5.74) is 0. The van der Waals surface area contributed by atoms with Gasteiger partial charge in [0.2, 0.25) is 6.29 Å². The van der Waals surface area contributed by atoms with Crippen LogP contribution in [0.4, 0.5) is 4.79 Å². The van der Waals surface area contributed by atoms with Crippen LogP contribution in [0.15, 0.2) is 0 Å². The number of carboxylic acid groups (broad SMARTS) is 1. The maximum absolute atomic E-state index is 10.3. The molecule has 1 N–H and O–H groups in total. The number of unbranched alkanes of at least 4 members (excludes halogenated alkanes) is 2. The van der Waals surface area contributed by atoms with Crippen LogP contribution in [0.2, 0.25) is 0 Å². The summed E-state index contributed by atoms with van der Waals surface area (Å²) in [5.74, 6) is 0. The van der Waals surface area contributed by atoms with E-state index in [9.17, 15) is 4.79 Å². The molecule has 1 atom stereocenters. The second-order valence-corrected chi connectivity index (χ2v) is 3.18. The second kappa shape index (κ2) is 8.81. The molecule has 0 radical (unpaired) electrons. The van der Waals surface area contributed by atoms with Gasteiger partial charge in [0.15, 0.2) is 0 Å². The van der Waals surface area contributed by atoms with E-state index in [1.807, 2.05) is 6.92 Å². The van der Waals surface area contributed by atoms with Crippen molar-refractivity contribution in [2.24, 2.45) is 0 Å². The van der Waals surface area contributed by atoms with E-state index in [0.717, 1.165) is 25.7 Å². The third-order valence-electron chi connectivity index (χ3n) is 1.83. The molecule has 0 aliphatic rings. The van der Waals surface area contributed by atoms with Gasteiger partial charge in [-0.2, -0.15) is 0 Å². The van der Waals surface area contributed by atoms with Gasteiger partial charge in [0.1, 0.15) is 0 Å². The number of rotatable bonds is 8. The zero-order valence-corrected chi connectivity index (χ0v) is 8.99. The Bertz CT molecular complexity index is 147. The van der Waals surface area contributed by atoms with Crippen molar-refractivity contribution in [3.63, 3.8) is 0 Å². The van der Waals surface area contributed by atoms with Crippen molar-refractivity contribution >= 4 is 6.16 Å². The molecule has 0 amide bonds. The van der Waals surface area contributed by atoms with E-state index >= 15 is 0 Å². The van der Waals surface area contributed by atoms with E-state index in [4.69, 9.17) is 9.84 Å². The lowest BCUT2D eigenvalue weighted by atomic mass is 10.2. The molecular formula is C10H20O4. The van der Waals surface area contributed by atoms with E-state index in [0.29, 0.717) is 13.0 Å². The number of hydrogen-bond acceptors (Lipinski definition) is 3. The van der Waals surface area contributed by atoms with Gasteiger partial charge in [0.05, 0.1) is 6.61 Å². The van der Waals surface area contributed by atoms with Crippen LogP contribution in [-0.2, 0) is 9.47 Å². The van der Waals surface area contributed by atoms with Crippen LogP contribution in [-0.4, -0.2) is 24.2 Å². The van der Waals surface area contributed by atoms with Gasteiger partial charge in [-0.25, -0.2) is 4.79 Å². The predicted octanol–water partition coefficient (Wildman–Crippen LogP) is 3.01. The fraction of sp³-hybridized carbons (Fsp3) is 0.900. The lowest BCUT2D eigenvalue weighted by Crippen LogP contribution is -2.21. The van der Waals surface area contributed by atoms with Crippen molar-refractivity contribution in [1.82, 2.24) is 0 Å². The molecule has 0 spiro atoms. The van der Waals surface area contributed by atoms with Crippen molar-refractivity contribution in [2.45, 2.75) is 52.2 Å². The average Bonchev–Trinajstić information content (AvgIpc) is 2.13. The molecule has 0 rings (SSSR count). The molecule has 0 aromatic carbocycles. The molecule has 1 unspecified atom stereocenters. The average molecular weight is 204 g/mol. The Morgan fingerprint density at radius 1 is 1.29 bits per heavy atom. The SMILES string of the molecule is CCCCOC(CCCC)OC(=O)O. The van der Waals surface area contributed by atoms with Gasteiger partial charge in [0.25, 0.3) is 0 Å². The molecule has 0 saturated heterocycles. The third kappa shape index (κ3) is 7.86. The van der Waals surface area contributed by atoms with Crippen LogP contribution in [0.1, 0.15) is 46.0 Å². The molecule has 84 valence electrons. The Morgan fingerprint density at radius 3 is 2.43 bits per heavy atom. The molecule has 0 heterocycles. The van der Waals surface area contributed by atoms with E-state index in [2.05, 4.69) is 11.7 Å². The molecule has 4 nitrogen and oxygen atoms in total. The van der Waals surface area contributed by atoms with Crippen LogP contribution < -0.4 is 0 Å². The summed E-state index contributed by atoms with van der Waals surface area (Å²) in [6, 6.07) is 0. The van der Waals surface area contributed by atoms with Gasteiger partial charge in [-0.05, 0) is 12.8 Å². The van der Waals surface area contributed by atoms with Crippen LogP contribution in [0.3, 0.4) is 0 Å². The molecule has 4 heteroatoms. The third-order valence-corrected chi connectivity index (χ3v) is 1.83. The van der Waals surface area contributed by atoms with Gasteiger partial charge in [0, 0.05) is 6.42 Å². The second-order valence-electron chi connectivity index (χ2n) is 3.18. The Labute approximate surface area is 85.2 Å². The predicted molar refractivity (Wildman–Crippen MR) is 53.3 cm³/mol. The van der Waals surface area contributed by atoms with Crippen molar-refractivity contribution < 1.29 is 19.4 Å². The van der Waals surface area contributed by atoms with Crippen LogP contribution >= 0.6 is 0 Å². The summed E-state index contributed by atoms with van der Waals surface area (Å²) in [6.07, 6.45) is 2.70. The fourth-order valence-electron chi connectivity index (χ4n) is 1.02. The molecule has 0 aromatic heterocycles. The van der Waals surface area contributed by atoms with Crippen molar-refractivity contribution in [3.05, 3.63) is 0 Å². The minimum absolute atomic E-state index is 0.568. The zero-order valence-electron chi connectivity index (χ0n) is 8.99. The minimum Gasteiger partial charge on any atom is -0.450 e. The summed E-state index contributed by atoms with van der Waals surface area (Å²) < 4.78 is 9.89. The van der Waals surface area contributed by atoms with E-state index in [-0.39, 0.29) is 0 Å². The lowest BCUT2D eigenvalue weighted by molar-refractivity contribution is -0.121. The van der Waals surface area contributed by atoms with Crippen LogP contribution in [0, 0.1) is 0 Å². The van der Waals surface area contributed by atoms with Crippen molar-refractivity contribution in [1.29, 1.82) is 0 Å². The first-order chi connectivity index (χ1) is 6.70. The summed E-state index contributed by atoms with van der Waals surface area (Å²) in [6.45, 7) is 4.67. The van der Waals surface area contributed by atoms with E-state index < -0.39 is 12.4 Å². The molecular weight excluding hydrogens is 184 g/mol.